The number of aliphatic hydroxyl groups is 1. The number of aliphatic hydroxyl groups excluding tert-OH is 1. The topological polar surface area (TPSA) is 115 Å². The number of carbonyl (C=O) groups is 2. The Morgan fingerprint density at radius 3 is 1.96 bits per heavy atom. The van der Waals surface area contributed by atoms with Gasteiger partial charge in [-0.25, -0.2) is 0 Å². The molecule has 0 spiro atoms. The number of benzene rings is 2. The van der Waals surface area contributed by atoms with Crippen molar-refractivity contribution in [2.45, 2.75) is 17.9 Å². The van der Waals surface area contributed by atoms with E-state index in [0.29, 0.717) is 5.56 Å². The summed E-state index contributed by atoms with van der Waals surface area (Å²) in [4.78, 5) is 24.9. The molecule has 4 N–H and O–H groups in total. The molecular weight excluding hydrogens is 300 g/mol. The van der Waals surface area contributed by atoms with Crippen molar-refractivity contribution in [2.75, 3.05) is 0 Å². The molecule has 6 nitrogen and oxygen atoms in total. The number of carbonyl (C=O) groups excluding carboxylic acids is 2. The maximum absolute atomic E-state index is 12.6. The molecule has 1 fully saturated rings. The van der Waals surface area contributed by atoms with Gasteiger partial charge in [0.05, 0.1) is 5.92 Å². The van der Waals surface area contributed by atoms with Crippen LogP contribution in [0.25, 0.3) is 0 Å². The lowest BCUT2D eigenvalue weighted by Gasteiger charge is -2.12. The summed E-state index contributed by atoms with van der Waals surface area (Å²) < 4.78 is 0. The summed E-state index contributed by atoms with van der Waals surface area (Å²) in [7, 11) is 0. The van der Waals surface area contributed by atoms with Gasteiger partial charge < -0.3 is 20.4 Å². The van der Waals surface area contributed by atoms with Crippen LogP contribution in [0.1, 0.15) is 23.0 Å². The quantitative estimate of drug-likeness (QED) is 0.489. The van der Waals surface area contributed by atoms with Crippen molar-refractivity contribution in [3.05, 3.63) is 53.6 Å². The van der Waals surface area contributed by atoms with Crippen LogP contribution in [0.4, 0.5) is 0 Å². The lowest BCUT2D eigenvalue weighted by atomic mass is 9.91. The zero-order valence-corrected chi connectivity index (χ0v) is 11.9. The Labute approximate surface area is 131 Å². The van der Waals surface area contributed by atoms with Crippen molar-refractivity contribution in [1.82, 2.24) is 0 Å². The van der Waals surface area contributed by atoms with E-state index >= 15 is 0 Å². The van der Waals surface area contributed by atoms with E-state index < -0.39 is 35.3 Å². The van der Waals surface area contributed by atoms with Crippen LogP contribution in [-0.2, 0) is 9.59 Å². The first-order chi connectivity index (χ1) is 10.9. The van der Waals surface area contributed by atoms with E-state index in [9.17, 15) is 30.0 Å². The van der Waals surface area contributed by atoms with Crippen LogP contribution in [0.15, 0.2) is 42.5 Å². The maximum atomic E-state index is 12.6. The third kappa shape index (κ3) is 2.43. The summed E-state index contributed by atoms with van der Waals surface area (Å²) in [5.41, 5.74) is 0.648. The minimum atomic E-state index is -1.49. The largest absolute Gasteiger partial charge is 0.508 e. The van der Waals surface area contributed by atoms with Crippen LogP contribution < -0.4 is 0 Å². The molecule has 1 aliphatic carbocycles. The van der Waals surface area contributed by atoms with E-state index in [1.807, 2.05) is 0 Å². The second-order valence-corrected chi connectivity index (χ2v) is 5.50. The lowest BCUT2D eigenvalue weighted by Crippen LogP contribution is -2.21. The van der Waals surface area contributed by atoms with Gasteiger partial charge in [-0.1, -0.05) is 18.2 Å². The standard InChI is InChI=1S/C17H14O6/c18-10-4-1-8(2-5-10)13-15(21)14(17(23)16(13)22)9-3-6-11(19)12(20)7-9/h1-7,13-14,16,18-20,22H/t13?,14-,16?/m1/s1. The number of rotatable bonds is 2. The lowest BCUT2D eigenvalue weighted by molar-refractivity contribution is -0.126. The summed E-state index contributed by atoms with van der Waals surface area (Å²) in [6.07, 6.45) is -1.49. The number of hydrogen-bond donors (Lipinski definition) is 4. The highest BCUT2D eigenvalue weighted by Crippen LogP contribution is 2.40. The third-order valence-electron chi connectivity index (χ3n) is 4.07. The molecule has 0 bridgehead atoms. The fraction of sp³-hybridized carbons (Fsp3) is 0.176. The summed E-state index contributed by atoms with van der Waals surface area (Å²) in [5.74, 6) is -4.15. The molecule has 3 atom stereocenters. The zero-order chi connectivity index (χ0) is 16.7. The van der Waals surface area contributed by atoms with Gasteiger partial charge in [-0.05, 0) is 35.4 Å². The summed E-state index contributed by atoms with van der Waals surface area (Å²) >= 11 is 0. The normalized spacial score (nSPS) is 24.1. The van der Waals surface area contributed by atoms with Gasteiger partial charge in [-0.2, -0.15) is 0 Å². The van der Waals surface area contributed by atoms with Gasteiger partial charge >= 0.3 is 0 Å². The van der Waals surface area contributed by atoms with Crippen molar-refractivity contribution in [1.29, 1.82) is 0 Å². The Morgan fingerprint density at radius 1 is 0.739 bits per heavy atom. The Morgan fingerprint density at radius 2 is 1.35 bits per heavy atom. The van der Waals surface area contributed by atoms with Gasteiger partial charge in [0.25, 0.3) is 0 Å². The SMILES string of the molecule is O=C1C(O)C(c2ccc(O)cc2)C(=O)[C@H]1c1ccc(O)c(O)c1. The smallest absolute Gasteiger partial charge is 0.177 e. The van der Waals surface area contributed by atoms with E-state index in [2.05, 4.69) is 0 Å². The number of phenolic OH excluding ortho intramolecular Hbond substituents is 3. The minimum absolute atomic E-state index is 0.0139. The van der Waals surface area contributed by atoms with Crippen LogP contribution in [0.5, 0.6) is 17.2 Å². The number of aromatic hydroxyl groups is 3. The van der Waals surface area contributed by atoms with Gasteiger partial charge in [-0.15, -0.1) is 0 Å². The third-order valence-corrected chi connectivity index (χ3v) is 4.07. The van der Waals surface area contributed by atoms with E-state index in [4.69, 9.17) is 0 Å². The van der Waals surface area contributed by atoms with Crippen LogP contribution in [0.3, 0.4) is 0 Å². The molecule has 2 aromatic rings. The average molecular weight is 314 g/mol. The van der Waals surface area contributed by atoms with Crippen LogP contribution in [0.2, 0.25) is 0 Å². The Balaban J connectivity index is 2.00. The molecule has 1 aliphatic rings. The van der Waals surface area contributed by atoms with Gasteiger partial charge in [0.2, 0.25) is 0 Å². The van der Waals surface area contributed by atoms with E-state index in [1.165, 1.54) is 36.4 Å². The monoisotopic (exact) mass is 314 g/mol. The molecule has 0 radical (unpaired) electrons. The number of ketones is 2. The Bertz CT molecular complexity index is 780. The Kier molecular flexibility index (Phi) is 3.54. The summed E-state index contributed by atoms with van der Waals surface area (Å²) in [6.45, 7) is 0. The highest BCUT2D eigenvalue weighted by molar-refractivity contribution is 6.19. The van der Waals surface area contributed by atoms with Crippen molar-refractivity contribution < 1.29 is 30.0 Å². The molecule has 2 unspecified atom stereocenters. The van der Waals surface area contributed by atoms with Crippen molar-refractivity contribution in [3.8, 4) is 17.2 Å². The van der Waals surface area contributed by atoms with Crippen molar-refractivity contribution in [3.63, 3.8) is 0 Å². The molecule has 1 saturated carbocycles. The van der Waals surface area contributed by atoms with E-state index in [1.54, 1.807) is 0 Å². The molecule has 0 aromatic heterocycles. The first-order valence-electron chi connectivity index (χ1n) is 6.96. The highest BCUT2D eigenvalue weighted by Gasteiger charge is 2.49. The van der Waals surface area contributed by atoms with Crippen LogP contribution >= 0.6 is 0 Å². The maximum Gasteiger partial charge on any atom is 0.177 e. The molecule has 0 amide bonds. The molecule has 0 saturated heterocycles. The first kappa shape index (κ1) is 15.1. The number of phenols is 3. The number of hydrogen-bond acceptors (Lipinski definition) is 6. The van der Waals surface area contributed by atoms with Crippen LogP contribution in [0, 0.1) is 0 Å². The van der Waals surface area contributed by atoms with E-state index in [0.717, 1.165) is 6.07 Å². The van der Waals surface area contributed by atoms with Crippen LogP contribution in [-0.4, -0.2) is 38.1 Å². The summed E-state index contributed by atoms with van der Waals surface area (Å²) in [5, 5.41) is 38.3. The number of Topliss-reactive ketones (excluding diaryl/α,β-unsaturated/α-hetero) is 2. The predicted octanol–water partition coefficient (Wildman–Crippen LogP) is 1.18. The van der Waals surface area contributed by atoms with Gasteiger partial charge in [0.15, 0.2) is 23.1 Å². The molecule has 0 aliphatic heterocycles. The molecule has 3 rings (SSSR count). The van der Waals surface area contributed by atoms with E-state index in [-0.39, 0.29) is 17.1 Å². The van der Waals surface area contributed by atoms with Gasteiger partial charge in [0, 0.05) is 0 Å². The zero-order valence-electron chi connectivity index (χ0n) is 11.9. The van der Waals surface area contributed by atoms with Gasteiger partial charge in [-0.3, -0.25) is 9.59 Å². The summed E-state index contributed by atoms with van der Waals surface area (Å²) in [6, 6.07) is 9.39. The highest BCUT2D eigenvalue weighted by atomic mass is 16.3. The fourth-order valence-corrected chi connectivity index (χ4v) is 2.89. The molecule has 0 heterocycles. The second kappa shape index (κ2) is 5.40. The molecule has 6 heteroatoms. The van der Waals surface area contributed by atoms with Crippen molar-refractivity contribution >= 4 is 11.6 Å². The van der Waals surface area contributed by atoms with Gasteiger partial charge in [0.1, 0.15) is 17.8 Å². The van der Waals surface area contributed by atoms with Crippen molar-refractivity contribution in [2.24, 2.45) is 0 Å². The minimum Gasteiger partial charge on any atom is -0.508 e. The predicted molar refractivity (Wildman–Crippen MR) is 79.4 cm³/mol. The molecule has 2 aromatic carbocycles. The first-order valence-corrected chi connectivity index (χ1v) is 6.96. The Hall–Kier alpha value is -2.86. The fourth-order valence-electron chi connectivity index (χ4n) is 2.89. The molecule has 23 heavy (non-hydrogen) atoms. The average Bonchev–Trinajstić information content (AvgIpc) is 2.74. The molecular formula is C17H14O6. The molecule has 118 valence electrons. The second-order valence-electron chi connectivity index (χ2n) is 5.50.